The van der Waals surface area contributed by atoms with Crippen LogP contribution in [0.5, 0.6) is 5.75 Å². The van der Waals surface area contributed by atoms with Gasteiger partial charge >= 0.3 is 0 Å². The summed E-state index contributed by atoms with van der Waals surface area (Å²) in [5.74, 6) is -1.10. The second-order valence-corrected chi connectivity index (χ2v) is 6.39. The summed E-state index contributed by atoms with van der Waals surface area (Å²) in [5.41, 5.74) is 3.58. The number of phenolic OH excluding ortho intramolecular Hbond substituents is 1. The molecule has 3 aromatic carbocycles. The minimum Gasteiger partial charge on any atom is -0.507 e. The van der Waals surface area contributed by atoms with Gasteiger partial charge in [-0.3, -0.25) is 9.59 Å². The van der Waals surface area contributed by atoms with Gasteiger partial charge < -0.3 is 10.4 Å². The fourth-order valence-corrected chi connectivity index (χ4v) is 2.77. The topological polar surface area (TPSA) is 115 Å². The van der Waals surface area contributed by atoms with E-state index in [-0.39, 0.29) is 23.6 Å². The molecule has 0 fully saturated rings. The number of carbonyl (C=O) groups excluding carboxylic acids is 2. The SMILES string of the molecule is C/C(CC(=O)Nc1ccccc1C#N)=N\NC(=O)c1cc2ccccc2cc1O. The number of phenols is 1. The molecule has 3 rings (SSSR count). The molecule has 0 aliphatic carbocycles. The molecule has 0 atom stereocenters. The number of para-hydroxylation sites is 1. The number of hydrazone groups is 1. The Hall–Kier alpha value is -4.18. The van der Waals surface area contributed by atoms with Crippen molar-refractivity contribution in [3.05, 3.63) is 71.8 Å². The zero-order valence-electron chi connectivity index (χ0n) is 15.6. The minimum absolute atomic E-state index is 0.0657. The quantitative estimate of drug-likeness (QED) is 0.459. The molecule has 3 N–H and O–H groups in total. The molecule has 0 aliphatic rings. The van der Waals surface area contributed by atoms with Gasteiger partial charge in [-0.2, -0.15) is 10.4 Å². The second kappa shape index (κ2) is 8.67. The molecule has 0 unspecified atom stereocenters. The molecular formula is C22H18N4O3. The fourth-order valence-electron chi connectivity index (χ4n) is 2.77. The summed E-state index contributed by atoms with van der Waals surface area (Å²) < 4.78 is 0. The molecule has 0 aliphatic heterocycles. The van der Waals surface area contributed by atoms with E-state index in [2.05, 4.69) is 15.8 Å². The molecule has 3 aromatic rings. The normalized spacial score (nSPS) is 11.0. The van der Waals surface area contributed by atoms with E-state index in [0.29, 0.717) is 17.0 Å². The number of nitrogens with one attached hydrogen (secondary N) is 2. The monoisotopic (exact) mass is 386 g/mol. The van der Waals surface area contributed by atoms with Crippen molar-refractivity contribution in [2.75, 3.05) is 5.32 Å². The predicted octanol–water partition coefficient (Wildman–Crippen LogP) is 3.55. The van der Waals surface area contributed by atoms with Gasteiger partial charge in [-0.15, -0.1) is 0 Å². The summed E-state index contributed by atoms with van der Waals surface area (Å²) in [4.78, 5) is 24.5. The summed E-state index contributed by atoms with van der Waals surface area (Å²) in [6.07, 6.45) is -0.0657. The third kappa shape index (κ3) is 4.76. The van der Waals surface area contributed by atoms with Gasteiger partial charge in [0.05, 0.1) is 23.2 Å². The zero-order valence-corrected chi connectivity index (χ0v) is 15.6. The third-order valence-electron chi connectivity index (χ3n) is 4.19. The first-order valence-electron chi connectivity index (χ1n) is 8.82. The Labute approximate surface area is 167 Å². The van der Waals surface area contributed by atoms with Gasteiger partial charge in [0.2, 0.25) is 5.91 Å². The van der Waals surface area contributed by atoms with Gasteiger partial charge in [0.15, 0.2) is 0 Å². The number of benzene rings is 3. The van der Waals surface area contributed by atoms with Crippen molar-refractivity contribution in [3.63, 3.8) is 0 Å². The maximum atomic E-state index is 12.4. The number of hydrogen-bond acceptors (Lipinski definition) is 5. The van der Waals surface area contributed by atoms with Crippen molar-refractivity contribution < 1.29 is 14.7 Å². The number of anilines is 1. The van der Waals surface area contributed by atoms with Gasteiger partial charge in [-0.05, 0) is 42.0 Å². The van der Waals surface area contributed by atoms with Crippen LogP contribution in [-0.4, -0.2) is 22.6 Å². The van der Waals surface area contributed by atoms with Crippen LogP contribution in [-0.2, 0) is 4.79 Å². The highest BCUT2D eigenvalue weighted by atomic mass is 16.3. The minimum atomic E-state index is -0.581. The van der Waals surface area contributed by atoms with Gasteiger partial charge in [-0.1, -0.05) is 36.4 Å². The molecule has 0 saturated carbocycles. The van der Waals surface area contributed by atoms with Crippen LogP contribution in [0.3, 0.4) is 0 Å². The molecule has 0 spiro atoms. The molecule has 0 saturated heterocycles. The molecular weight excluding hydrogens is 368 g/mol. The van der Waals surface area contributed by atoms with E-state index in [1.165, 1.54) is 6.07 Å². The van der Waals surface area contributed by atoms with E-state index in [1.54, 1.807) is 37.3 Å². The maximum absolute atomic E-state index is 12.4. The lowest BCUT2D eigenvalue weighted by Gasteiger charge is -2.08. The van der Waals surface area contributed by atoms with Crippen molar-refractivity contribution in [1.29, 1.82) is 5.26 Å². The molecule has 29 heavy (non-hydrogen) atoms. The Kier molecular flexibility index (Phi) is 5.85. The van der Waals surface area contributed by atoms with Crippen LogP contribution in [0.25, 0.3) is 10.8 Å². The first-order chi connectivity index (χ1) is 14.0. The second-order valence-electron chi connectivity index (χ2n) is 6.39. The Morgan fingerprint density at radius 3 is 2.45 bits per heavy atom. The number of nitrogens with zero attached hydrogens (tertiary/aromatic N) is 2. The molecule has 0 aromatic heterocycles. The average molecular weight is 386 g/mol. The number of carbonyl (C=O) groups is 2. The van der Waals surface area contributed by atoms with Gasteiger partial charge in [0.1, 0.15) is 11.8 Å². The van der Waals surface area contributed by atoms with Crippen LogP contribution in [0.15, 0.2) is 65.8 Å². The summed E-state index contributed by atoms with van der Waals surface area (Å²) in [7, 11) is 0. The molecule has 0 bridgehead atoms. The first-order valence-corrected chi connectivity index (χ1v) is 8.82. The number of aromatic hydroxyl groups is 1. The van der Waals surface area contributed by atoms with Crippen molar-refractivity contribution in [2.45, 2.75) is 13.3 Å². The van der Waals surface area contributed by atoms with Crippen LogP contribution in [0.4, 0.5) is 5.69 Å². The smallest absolute Gasteiger partial charge is 0.275 e. The van der Waals surface area contributed by atoms with Crippen LogP contribution < -0.4 is 10.7 Å². The van der Waals surface area contributed by atoms with E-state index in [4.69, 9.17) is 5.26 Å². The number of nitriles is 1. The van der Waals surface area contributed by atoms with Crippen LogP contribution in [0, 0.1) is 11.3 Å². The molecule has 0 radical (unpaired) electrons. The largest absolute Gasteiger partial charge is 0.507 e. The lowest BCUT2D eigenvalue weighted by molar-refractivity contribution is -0.115. The summed E-state index contributed by atoms with van der Waals surface area (Å²) in [6.45, 7) is 1.59. The van der Waals surface area contributed by atoms with Gasteiger partial charge in [0.25, 0.3) is 5.91 Å². The van der Waals surface area contributed by atoms with Gasteiger partial charge in [0, 0.05) is 5.71 Å². The molecule has 2 amide bonds. The Bertz CT molecular complexity index is 1160. The van der Waals surface area contributed by atoms with Gasteiger partial charge in [-0.25, -0.2) is 5.43 Å². The van der Waals surface area contributed by atoms with E-state index in [9.17, 15) is 14.7 Å². The lowest BCUT2D eigenvalue weighted by Crippen LogP contribution is -2.21. The molecule has 7 heteroatoms. The van der Waals surface area contributed by atoms with E-state index < -0.39 is 5.91 Å². The van der Waals surface area contributed by atoms with E-state index >= 15 is 0 Å². The molecule has 0 heterocycles. The predicted molar refractivity (Wildman–Crippen MR) is 111 cm³/mol. The van der Waals surface area contributed by atoms with E-state index in [0.717, 1.165) is 10.8 Å². The summed E-state index contributed by atoms with van der Waals surface area (Å²) >= 11 is 0. The van der Waals surface area contributed by atoms with Crippen molar-refractivity contribution in [1.82, 2.24) is 5.43 Å². The number of rotatable bonds is 5. The molecule has 7 nitrogen and oxygen atoms in total. The van der Waals surface area contributed by atoms with E-state index in [1.807, 2.05) is 30.3 Å². The Morgan fingerprint density at radius 2 is 1.72 bits per heavy atom. The highest BCUT2D eigenvalue weighted by Gasteiger charge is 2.13. The van der Waals surface area contributed by atoms with Crippen molar-refractivity contribution in [2.24, 2.45) is 5.10 Å². The number of amides is 2. The van der Waals surface area contributed by atoms with Crippen molar-refractivity contribution >= 4 is 34.0 Å². The zero-order chi connectivity index (χ0) is 20.8. The maximum Gasteiger partial charge on any atom is 0.275 e. The summed E-state index contributed by atoms with van der Waals surface area (Å²) in [6, 6.07) is 19.1. The highest BCUT2D eigenvalue weighted by Crippen LogP contribution is 2.24. The van der Waals surface area contributed by atoms with Crippen LogP contribution in [0.2, 0.25) is 0 Å². The fraction of sp³-hybridized carbons (Fsp3) is 0.0909. The van der Waals surface area contributed by atoms with Crippen molar-refractivity contribution in [3.8, 4) is 11.8 Å². The number of fused-ring (bicyclic) bond motifs is 1. The number of hydrogen-bond donors (Lipinski definition) is 3. The molecule has 144 valence electrons. The van der Waals surface area contributed by atoms with Crippen LogP contribution >= 0.6 is 0 Å². The average Bonchev–Trinajstić information content (AvgIpc) is 2.71. The Morgan fingerprint density at radius 1 is 1.07 bits per heavy atom. The third-order valence-corrected chi connectivity index (χ3v) is 4.19. The first kappa shape index (κ1) is 19.6. The highest BCUT2D eigenvalue weighted by molar-refractivity contribution is 6.07. The standard InChI is InChI=1S/C22H18N4O3/c1-14(10-21(28)24-19-9-5-4-8-17(19)13-23)25-26-22(29)18-11-15-6-2-3-7-16(15)12-20(18)27/h2-9,11-12,27H,10H2,1H3,(H,24,28)(H,26,29)/b25-14+. The lowest BCUT2D eigenvalue weighted by atomic mass is 10.1. The van der Waals surface area contributed by atoms with Crippen LogP contribution in [0.1, 0.15) is 29.3 Å². The summed E-state index contributed by atoms with van der Waals surface area (Å²) in [5, 5.41) is 27.4. The Balaban J connectivity index is 1.65.